The molecule has 0 aromatic carbocycles. The summed E-state index contributed by atoms with van der Waals surface area (Å²) in [5.74, 6) is 2.03. The summed E-state index contributed by atoms with van der Waals surface area (Å²) in [6.07, 6.45) is 4.69. The van der Waals surface area contributed by atoms with Crippen LogP contribution in [-0.4, -0.2) is 58.3 Å². The summed E-state index contributed by atoms with van der Waals surface area (Å²) < 4.78 is 10.5. The average molecular weight is 292 g/mol. The maximum absolute atomic E-state index is 11.5. The molecule has 21 heavy (non-hydrogen) atoms. The monoisotopic (exact) mass is 292 g/mol. The van der Waals surface area contributed by atoms with Crippen molar-refractivity contribution in [2.75, 3.05) is 26.2 Å². The molecular formula is C14H20N4O3. The number of hydrogen-bond donors (Lipinski definition) is 0. The quantitative estimate of drug-likeness (QED) is 0.837. The molecule has 1 aromatic heterocycles. The number of ether oxygens (including phenoxy) is 1. The first-order chi connectivity index (χ1) is 10.3. The van der Waals surface area contributed by atoms with Gasteiger partial charge >= 0.3 is 6.09 Å². The van der Waals surface area contributed by atoms with E-state index >= 15 is 0 Å². The summed E-state index contributed by atoms with van der Waals surface area (Å²) >= 11 is 0. The molecule has 114 valence electrons. The minimum Gasteiger partial charge on any atom is -0.447 e. The van der Waals surface area contributed by atoms with E-state index in [0.717, 1.165) is 31.3 Å². The third-order valence-corrected chi connectivity index (χ3v) is 4.75. The molecule has 4 rings (SSSR count). The molecule has 0 spiro atoms. The van der Waals surface area contributed by atoms with Gasteiger partial charge in [-0.25, -0.2) is 4.79 Å². The SMILES string of the molecule is O=C1OC[C@@H]2CN(Cc3noc(C4CCCC4)n3)CCN12. The Balaban J connectivity index is 1.37. The second-order valence-corrected chi connectivity index (χ2v) is 6.19. The maximum atomic E-state index is 11.5. The molecule has 1 saturated carbocycles. The van der Waals surface area contributed by atoms with Crippen LogP contribution in [0.4, 0.5) is 4.79 Å². The lowest BCUT2D eigenvalue weighted by Gasteiger charge is -2.34. The molecule has 2 aliphatic heterocycles. The third kappa shape index (κ3) is 2.50. The zero-order valence-electron chi connectivity index (χ0n) is 12.0. The van der Waals surface area contributed by atoms with Gasteiger partial charge < -0.3 is 9.26 Å². The van der Waals surface area contributed by atoms with Gasteiger partial charge in [-0.3, -0.25) is 9.80 Å². The van der Waals surface area contributed by atoms with Gasteiger partial charge in [-0.05, 0) is 12.8 Å². The fourth-order valence-corrected chi connectivity index (χ4v) is 3.57. The minimum atomic E-state index is -0.178. The van der Waals surface area contributed by atoms with Crippen molar-refractivity contribution >= 4 is 6.09 Å². The molecule has 7 nitrogen and oxygen atoms in total. The summed E-state index contributed by atoms with van der Waals surface area (Å²) in [4.78, 5) is 20.1. The average Bonchev–Trinajstić information content (AvgIpc) is 3.20. The zero-order chi connectivity index (χ0) is 14.2. The molecule has 7 heteroatoms. The lowest BCUT2D eigenvalue weighted by Crippen LogP contribution is -2.51. The summed E-state index contributed by atoms with van der Waals surface area (Å²) in [5.41, 5.74) is 0. The van der Waals surface area contributed by atoms with Crippen LogP contribution in [0.2, 0.25) is 0 Å². The molecule has 0 radical (unpaired) electrons. The fourth-order valence-electron chi connectivity index (χ4n) is 3.57. The Bertz CT molecular complexity index is 526. The smallest absolute Gasteiger partial charge is 0.410 e. The number of carbonyl (C=O) groups is 1. The van der Waals surface area contributed by atoms with E-state index in [0.29, 0.717) is 19.1 Å². The summed E-state index contributed by atoms with van der Waals surface area (Å²) in [5, 5.41) is 4.12. The van der Waals surface area contributed by atoms with E-state index < -0.39 is 0 Å². The van der Waals surface area contributed by atoms with Gasteiger partial charge in [-0.1, -0.05) is 18.0 Å². The second-order valence-electron chi connectivity index (χ2n) is 6.19. The van der Waals surface area contributed by atoms with E-state index in [1.807, 2.05) is 4.90 Å². The number of cyclic esters (lactones) is 1. The van der Waals surface area contributed by atoms with Crippen LogP contribution in [0.1, 0.15) is 43.3 Å². The number of piperazine rings is 1. The predicted octanol–water partition coefficient (Wildman–Crippen LogP) is 1.36. The normalized spacial score (nSPS) is 27.1. The number of rotatable bonds is 3. The third-order valence-electron chi connectivity index (χ3n) is 4.75. The molecule has 1 atom stereocenters. The van der Waals surface area contributed by atoms with Crippen LogP contribution in [0, 0.1) is 0 Å². The van der Waals surface area contributed by atoms with E-state index in [-0.39, 0.29) is 12.1 Å². The minimum absolute atomic E-state index is 0.174. The molecule has 3 fully saturated rings. The predicted molar refractivity (Wildman–Crippen MR) is 72.6 cm³/mol. The van der Waals surface area contributed by atoms with E-state index in [2.05, 4.69) is 15.0 Å². The van der Waals surface area contributed by atoms with Crippen LogP contribution in [-0.2, 0) is 11.3 Å². The first-order valence-electron chi connectivity index (χ1n) is 7.78. The van der Waals surface area contributed by atoms with Crippen molar-refractivity contribution in [1.29, 1.82) is 0 Å². The van der Waals surface area contributed by atoms with Gasteiger partial charge in [-0.15, -0.1) is 0 Å². The first kappa shape index (κ1) is 13.1. The van der Waals surface area contributed by atoms with E-state index in [1.54, 1.807) is 0 Å². The molecule has 0 bridgehead atoms. The van der Waals surface area contributed by atoms with Gasteiger partial charge in [0, 0.05) is 25.6 Å². The van der Waals surface area contributed by atoms with Gasteiger partial charge in [0.2, 0.25) is 5.89 Å². The molecule has 1 aliphatic carbocycles. The summed E-state index contributed by atoms with van der Waals surface area (Å²) in [7, 11) is 0. The standard InChI is InChI=1S/C14H20N4O3/c19-14-18-6-5-17(7-11(18)9-20-14)8-12-15-13(21-16-12)10-3-1-2-4-10/h10-11H,1-9H2/t11-/m0/s1. The van der Waals surface area contributed by atoms with Gasteiger partial charge in [-0.2, -0.15) is 4.98 Å². The van der Waals surface area contributed by atoms with E-state index in [1.165, 1.54) is 25.7 Å². The van der Waals surface area contributed by atoms with Gasteiger partial charge in [0.25, 0.3) is 0 Å². The van der Waals surface area contributed by atoms with Crippen molar-refractivity contribution in [2.45, 2.75) is 44.2 Å². The van der Waals surface area contributed by atoms with Gasteiger partial charge in [0.15, 0.2) is 5.82 Å². The second kappa shape index (κ2) is 5.29. The van der Waals surface area contributed by atoms with Crippen LogP contribution < -0.4 is 0 Å². The number of carbonyl (C=O) groups excluding carboxylic acids is 1. The Morgan fingerprint density at radius 3 is 2.95 bits per heavy atom. The molecular weight excluding hydrogens is 272 g/mol. The van der Waals surface area contributed by atoms with Gasteiger partial charge in [0.05, 0.1) is 12.6 Å². The Labute approximate surface area is 123 Å². The topological polar surface area (TPSA) is 71.7 Å². The summed E-state index contributed by atoms with van der Waals surface area (Å²) in [6, 6.07) is 0.174. The fraction of sp³-hybridized carbons (Fsp3) is 0.786. The highest BCUT2D eigenvalue weighted by Crippen LogP contribution is 2.33. The van der Waals surface area contributed by atoms with Crippen molar-refractivity contribution < 1.29 is 14.1 Å². The summed E-state index contributed by atoms with van der Waals surface area (Å²) in [6.45, 7) is 3.55. The molecule has 0 unspecified atom stereocenters. The van der Waals surface area contributed by atoms with Crippen LogP contribution in [0.25, 0.3) is 0 Å². The highest BCUT2D eigenvalue weighted by Gasteiger charge is 2.37. The number of aromatic nitrogens is 2. The molecule has 1 aromatic rings. The molecule has 3 aliphatic rings. The largest absolute Gasteiger partial charge is 0.447 e. The van der Waals surface area contributed by atoms with Gasteiger partial charge in [0.1, 0.15) is 6.61 Å². The Hall–Kier alpha value is -1.63. The van der Waals surface area contributed by atoms with E-state index in [9.17, 15) is 4.79 Å². The highest BCUT2D eigenvalue weighted by atomic mass is 16.6. The lowest BCUT2D eigenvalue weighted by molar-refractivity contribution is 0.113. The number of fused-ring (bicyclic) bond motifs is 1. The van der Waals surface area contributed by atoms with Crippen LogP contribution in [0.5, 0.6) is 0 Å². The highest BCUT2D eigenvalue weighted by molar-refractivity contribution is 5.70. The number of hydrogen-bond acceptors (Lipinski definition) is 6. The molecule has 0 N–H and O–H groups in total. The van der Waals surface area contributed by atoms with Crippen LogP contribution >= 0.6 is 0 Å². The van der Waals surface area contributed by atoms with Crippen molar-refractivity contribution in [3.63, 3.8) is 0 Å². The number of amides is 1. The van der Waals surface area contributed by atoms with Crippen LogP contribution in [0.15, 0.2) is 4.52 Å². The van der Waals surface area contributed by atoms with Crippen molar-refractivity contribution in [3.05, 3.63) is 11.7 Å². The lowest BCUT2D eigenvalue weighted by atomic mass is 10.1. The zero-order valence-corrected chi connectivity index (χ0v) is 12.0. The Morgan fingerprint density at radius 2 is 2.10 bits per heavy atom. The Morgan fingerprint density at radius 1 is 1.24 bits per heavy atom. The molecule has 1 amide bonds. The maximum Gasteiger partial charge on any atom is 0.410 e. The molecule has 3 heterocycles. The Kier molecular flexibility index (Phi) is 3.29. The number of nitrogens with zero attached hydrogens (tertiary/aromatic N) is 4. The van der Waals surface area contributed by atoms with Crippen molar-refractivity contribution in [2.24, 2.45) is 0 Å². The van der Waals surface area contributed by atoms with Crippen molar-refractivity contribution in [1.82, 2.24) is 19.9 Å². The van der Waals surface area contributed by atoms with E-state index in [4.69, 9.17) is 9.26 Å². The van der Waals surface area contributed by atoms with Crippen LogP contribution in [0.3, 0.4) is 0 Å². The molecule has 2 saturated heterocycles. The first-order valence-corrected chi connectivity index (χ1v) is 7.78. The van der Waals surface area contributed by atoms with Crippen molar-refractivity contribution in [3.8, 4) is 0 Å².